The predicted molar refractivity (Wildman–Crippen MR) is 88.3 cm³/mol. The molecule has 123 valence electrons. The summed E-state index contributed by atoms with van der Waals surface area (Å²) in [4.78, 5) is 10.9. The topological polar surface area (TPSA) is 59.3 Å². The van der Waals surface area contributed by atoms with Crippen molar-refractivity contribution in [3.8, 4) is 11.5 Å². The fourth-order valence-corrected chi connectivity index (χ4v) is 2.15. The minimum Gasteiger partial charge on any atom is -0.490 e. The molecule has 0 saturated carbocycles. The summed E-state index contributed by atoms with van der Waals surface area (Å²) in [6.45, 7) is 5.64. The van der Waals surface area contributed by atoms with E-state index in [0.717, 1.165) is 49.8 Å². The third-order valence-corrected chi connectivity index (χ3v) is 3.38. The summed E-state index contributed by atoms with van der Waals surface area (Å²) in [5.41, 5.74) is 7.88. The molecule has 0 aliphatic carbocycles. The lowest BCUT2D eigenvalue weighted by atomic mass is 10.1. The second kappa shape index (κ2) is 10.9. The van der Waals surface area contributed by atoms with E-state index in [1.165, 1.54) is 0 Å². The van der Waals surface area contributed by atoms with E-state index < -0.39 is 5.91 Å². The minimum absolute atomic E-state index is 0.113. The van der Waals surface area contributed by atoms with Crippen LogP contribution in [0.25, 0.3) is 0 Å². The van der Waals surface area contributed by atoms with Crippen molar-refractivity contribution >= 4 is 5.91 Å². The number of rotatable bonds is 12. The Morgan fingerprint density at radius 2 is 1.55 bits per heavy atom. The average molecular weight is 306 g/mol. The maximum absolute atomic E-state index is 10.9. The van der Waals surface area contributed by atoms with Gasteiger partial charge in [0, 0.05) is 0 Å². The van der Waals surface area contributed by atoms with Gasteiger partial charge in [0.1, 0.15) is 0 Å². The third-order valence-electron chi connectivity index (χ3n) is 3.38. The van der Waals surface area contributed by atoms with Crippen LogP contribution in [0.15, 0.2) is 18.2 Å². The van der Waals surface area contributed by atoms with Gasteiger partial charge in [-0.15, -0.1) is 0 Å². The number of carbonyl (C=O) groups is 1. The van der Waals surface area contributed by atoms with Crippen LogP contribution in [0.2, 0.25) is 0 Å². The Morgan fingerprint density at radius 1 is 0.955 bits per heavy atom. The maximum Gasteiger partial charge on any atom is 0.242 e. The molecule has 0 bridgehead atoms. The molecule has 1 N–H and O–H groups in total. The Kier molecular flexibility index (Phi) is 9.12. The molecule has 0 heterocycles. The van der Waals surface area contributed by atoms with Crippen LogP contribution in [0.1, 0.15) is 57.9 Å². The second-order valence-corrected chi connectivity index (χ2v) is 5.49. The normalized spacial score (nSPS) is 10.5. The van der Waals surface area contributed by atoms with Crippen LogP contribution in [0.4, 0.5) is 0 Å². The van der Waals surface area contributed by atoms with Crippen LogP contribution < -0.4 is 15.2 Å². The molecule has 1 aromatic carbocycles. The van der Waals surface area contributed by atoms with Gasteiger partial charge in [0.15, 0.2) is 11.5 Å². The van der Waals surface area contributed by atoms with Crippen LogP contribution in [0.5, 0.6) is 11.5 Å². The SMILES string of the molecule is CCCCCOc1ccc(CC([NH])=O)cc1OCCCCC. The monoisotopic (exact) mass is 306 g/mol. The lowest BCUT2D eigenvalue weighted by molar-refractivity contribution is -0.118. The number of carbonyl (C=O) groups excluding carboxylic acids is 1. The van der Waals surface area contributed by atoms with Gasteiger partial charge in [0.25, 0.3) is 0 Å². The first-order valence-electron chi connectivity index (χ1n) is 8.30. The van der Waals surface area contributed by atoms with E-state index in [0.29, 0.717) is 19.0 Å². The zero-order chi connectivity index (χ0) is 16.2. The van der Waals surface area contributed by atoms with E-state index in [9.17, 15) is 4.79 Å². The summed E-state index contributed by atoms with van der Waals surface area (Å²) in [7, 11) is 0. The van der Waals surface area contributed by atoms with E-state index in [1.807, 2.05) is 18.2 Å². The lowest BCUT2D eigenvalue weighted by Crippen LogP contribution is -2.06. The molecule has 0 fully saturated rings. The highest BCUT2D eigenvalue weighted by molar-refractivity contribution is 5.76. The van der Waals surface area contributed by atoms with Crippen LogP contribution in [0.3, 0.4) is 0 Å². The quantitative estimate of drug-likeness (QED) is 0.544. The summed E-state index contributed by atoms with van der Waals surface area (Å²) < 4.78 is 11.6. The Bertz CT molecular complexity index is 446. The number of hydrogen-bond acceptors (Lipinski definition) is 3. The molecule has 0 unspecified atom stereocenters. The van der Waals surface area contributed by atoms with Crippen molar-refractivity contribution in [3.05, 3.63) is 23.8 Å². The molecule has 0 spiro atoms. The number of ether oxygens (including phenoxy) is 2. The first kappa shape index (κ1) is 18.3. The van der Waals surface area contributed by atoms with Gasteiger partial charge in [-0.05, 0) is 30.5 Å². The minimum atomic E-state index is -0.589. The van der Waals surface area contributed by atoms with E-state index >= 15 is 0 Å². The number of benzene rings is 1. The van der Waals surface area contributed by atoms with E-state index in [4.69, 9.17) is 15.2 Å². The van der Waals surface area contributed by atoms with Gasteiger partial charge < -0.3 is 9.47 Å². The number of unbranched alkanes of at least 4 members (excludes halogenated alkanes) is 4. The number of hydrogen-bond donors (Lipinski definition) is 0. The standard InChI is InChI=1S/C18H28NO3/c1-3-5-7-11-21-16-10-9-15(14-18(19)20)13-17(16)22-12-8-6-4-2/h9-10,13,19H,3-8,11-12,14H2,1-2H3. The highest BCUT2D eigenvalue weighted by Crippen LogP contribution is 2.29. The molecule has 1 aromatic rings. The van der Waals surface area contributed by atoms with Crippen molar-refractivity contribution in [3.63, 3.8) is 0 Å². The fraction of sp³-hybridized carbons (Fsp3) is 0.611. The Balaban J connectivity index is 2.67. The Hall–Kier alpha value is -1.71. The van der Waals surface area contributed by atoms with Gasteiger partial charge in [-0.1, -0.05) is 45.6 Å². The Labute approximate surface area is 134 Å². The molecule has 4 nitrogen and oxygen atoms in total. The van der Waals surface area contributed by atoms with E-state index in [2.05, 4.69) is 13.8 Å². The molecule has 0 saturated heterocycles. The molecule has 0 aliphatic heterocycles. The summed E-state index contributed by atoms with van der Waals surface area (Å²) in [6.07, 6.45) is 6.74. The predicted octanol–water partition coefficient (Wildman–Crippen LogP) is 4.18. The van der Waals surface area contributed by atoms with Crippen LogP contribution in [-0.2, 0) is 11.2 Å². The van der Waals surface area contributed by atoms with Gasteiger partial charge in [-0.2, -0.15) is 0 Å². The molecular weight excluding hydrogens is 278 g/mol. The molecule has 1 rings (SSSR count). The molecule has 22 heavy (non-hydrogen) atoms. The summed E-state index contributed by atoms with van der Waals surface area (Å²) in [5, 5.41) is 0. The highest BCUT2D eigenvalue weighted by Gasteiger charge is 2.09. The van der Waals surface area contributed by atoms with Crippen molar-refractivity contribution in [2.24, 2.45) is 0 Å². The van der Waals surface area contributed by atoms with Crippen molar-refractivity contribution in [1.29, 1.82) is 0 Å². The highest BCUT2D eigenvalue weighted by atomic mass is 16.5. The largest absolute Gasteiger partial charge is 0.490 e. The average Bonchev–Trinajstić information content (AvgIpc) is 2.49. The summed E-state index contributed by atoms with van der Waals surface area (Å²) >= 11 is 0. The van der Waals surface area contributed by atoms with Crippen molar-refractivity contribution in [2.75, 3.05) is 13.2 Å². The van der Waals surface area contributed by atoms with Gasteiger partial charge in [-0.3, -0.25) is 10.5 Å². The smallest absolute Gasteiger partial charge is 0.242 e. The molecule has 4 heteroatoms. The first-order valence-corrected chi connectivity index (χ1v) is 8.30. The van der Waals surface area contributed by atoms with E-state index in [1.54, 1.807) is 0 Å². The Morgan fingerprint density at radius 3 is 2.09 bits per heavy atom. The van der Waals surface area contributed by atoms with E-state index in [-0.39, 0.29) is 6.42 Å². The van der Waals surface area contributed by atoms with Crippen molar-refractivity contribution in [2.45, 2.75) is 58.8 Å². The van der Waals surface area contributed by atoms with Crippen LogP contribution in [0, 0.1) is 0 Å². The maximum atomic E-state index is 10.9. The first-order chi connectivity index (χ1) is 10.7. The summed E-state index contributed by atoms with van der Waals surface area (Å²) in [5.74, 6) is 0.827. The molecular formula is C18H28NO3. The molecule has 1 amide bonds. The lowest BCUT2D eigenvalue weighted by Gasteiger charge is -2.14. The van der Waals surface area contributed by atoms with Crippen molar-refractivity contribution in [1.82, 2.24) is 5.73 Å². The van der Waals surface area contributed by atoms with Gasteiger partial charge in [0.05, 0.1) is 19.6 Å². The fourth-order valence-electron chi connectivity index (χ4n) is 2.15. The number of amides is 1. The zero-order valence-corrected chi connectivity index (χ0v) is 13.8. The van der Waals surface area contributed by atoms with Crippen LogP contribution in [-0.4, -0.2) is 19.1 Å². The van der Waals surface area contributed by atoms with Gasteiger partial charge in [-0.25, -0.2) is 0 Å². The molecule has 1 radical (unpaired) electrons. The second-order valence-electron chi connectivity index (χ2n) is 5.49. The van der Waals surface area contributed by atoms with Gasteiger partial charge in [0.2, 0.25) is 5.91 Å². The molecule has 0 aromatic heterocycles. The van der Waals surface area contributed by atoms with Crippen molar-refractivity contribution < 1.29 is 14.3 Å². The van der Waals surface area contributed by atoms with Gasteiger partial charge >= 0.3 is 0 Å². The molecule has 0 atom stereocenters. The number of nitrogens with one attached hydrogen (secondary N) is 1. The van der Waals surface area contributed by atoms with Crippen LogP contribution >= 0.6 is 0 Å². The summed E-state index contributed by atoms with van der Waals surface area (Å²) in [6, 6.07) is 5.51. The third kappa shape index (κ3) is 7.34. The molecule has 0 aliphatic rings. The zero-order valence-electron chi connectivity index (χ0n) is 13.8.